The predicted octanol–water partition coefficient (Wildman–Crippen LogP) is 9.28. The van der Waals surface area contributed by atoms with Gasteiger partial charge in [-0.05, 0) is 113 Å². The van der Waals surface area contributed by atoms with Crippen molar-refractivity contribution in [2.24, 2.45) is 28.6 Å². The Balaban J connectivity index is 0.000000328. The van der Waals surface area contributed by atoms with Gasteiger partial charge in [0.05, 0.1) is 5.41 Å². The van der Waals surface area contributed by atoms with Gasteiger partial charge in [0.1, 0.15) is 11.4 Å². The number of phenols is 1. The molecule has 1 aromatic rings. The number of phenolic OH excluding ortho intramolecular Hbond substituents is 1. The SMILES string of the molecule is CCC(C)(C)C(=O)OC(CC)(CC)C12CC(C)CC(CC(C)C1)C2.CCC(C)c1ccc(O)cc1. The maximum atomic E-state index is 13.0. The second kappa shape index (κ2) is 12.2. The molecule has 3 nitrogen and oxygen atoms in total. The molecule has 0 saturated heterocycles. The smallest absolute Gasteiger partial charge is 0.312 e. The molecule has 2 saturated carbocycles. The van der Waals surface area contributed by atoms with E-state index in [0.29, 0.717) is 11.7 Å². The number of rotatable bonds is 8. The standard InChI is InChI=1S/C22H40O2.C10H14O/c1-8-20(6,7)19(23)24-22(9-2,10-3)21-13-16(4)11-18(15-21)12-17(5)14-21;1-3-8(2)9-4-6-10(11)7-5-9/h16-18H,8-15H2,1-7H3;4-8,11H,3H2,1-2H3. The number of esters is 1. The molecule has 2 fully saturated rings. The molecule has 200 valence electrons. The van der Waals surface area contributed by atoms with Gasteiger partial charge in [0.2, 0.25) is 0 Å². The summed E-state index contributed by atoms with van der Waals surface area (Å²) in [4.78, 5) is 13.0. The van der Waals surface area contributed by atoms with Gasteiger partial charge in [0.15, 0.2) is 0 Å². The van der Waals surface area contributed by atoms with Gasteiger partial charge in [-0.1, -0.05) is 60.6 Å². The fourth-order valence-corrected chi connectivity index (χ4v) is 7.01. The van der Waals surface area contributed by atoms with Crippen molar-refractivity contribution < 1.29 is 14.6 Å². The van der Waals surface area contributed by atoms with Gasteiger partial charge < -0.3 is 9.84 Å². The van der Waals surface area contributed by atoms with Gasteiger partial charge >= 0.3 is 5.97 Å². The Morgan fingerprint density at radius 2 is 1.49 bits per heavy atom. The maximum absolute atomic E-state index is 13.0. The van der Waals surface area contributed by atoms with E-state index in [0.717, 1.165) is 43.4 Å². The molecule has 0 aliphatic heterocycles. The van der Waals surface area contributed by atoms with E-state index in [1.165, 1.54) is 37.7 Å². The lowest BCUT2D eigenvalue weighted by molar-refractivity contribution is -0.208. The Morgan fingerprint density at radius 3 is 1.91 bits per heavy atom. The summed E-state index contributed by atoms with van der Waals surface area (Å²) in [5.41, 5.74) is 0.825. The summed E-state index contributed by atoms with van der Waals surface area (Å²) in [5.74, 6) is 3.29. The van der Waals surface area contributed by atoms with Gasteiger partial charge in [-0.15, -0.1) is 0 Å². The Labute approximate surface area is 216 Å². The molecule has 1 N–H and O–H groups in total. The van der Waals surface area contributed by atoms with E-state index in [-0.39, 0.29) is 22.4 Å². The number of hydrogen-bond acceptors (Lipinski definition) is 3. The second-order valence-electron chi connectivity index (χ2n) is 12.7. The summed E-state index contributed by atoms with van der Waals surface area (Å²) in [6, 6.07) is 7.43. The third-order valence-electron chi connectivity index (χ3n) is 9.54. The van der Waals surface area contributed by atoms with Crippen LogP contribution in [0.1, 0.15) is 132 Å². The van der Waals surface area contributed by atoms with Crippen molar-refractivity contribution in [3.05, 3.63) is 29.8 Å². The minimum atomic E-state index is -0.383. The van der Waals surface area contributed by atoms with Crippen molar-refractivity contribution in [1.82, 2.24) is 0 Å². The third kappa shape index (κ3) is 6.83. The van der Waals surface area contributed by atoms with Crippen molar-refractivity contribution >= 4 is 5.97 Å². The van der Waals surface area contributed by atoms with Crippen LogP contribution in [-0.2, 0) is 9.53 Å². The number of carbonyl (C=O) groups excluding carboxylic acids is 1. The van der Waals surface area contributed by atoms with Crippen molar-refractivity contribution in [1.29, 1.82) is 0 Å². The van der Waals surface area contributed by atoms with Crippen LogP contribution in [0, 0.1) is 28.6 Å². The van der Waals surface area contributed by atoms with Crippen LogP contribution in [0.25, 0.3) is 0 Å². The van der Waals surface area contributed by atoms with Crippen molar-refractivity contribution in [3.8, 4) is 5.75 Å². The number of aromatic hydroxyl groups is 1. The van der Waals surface area contributed by atoms with Crippen molar-refractivity contribution in [2.45, 2.75) is 132 Å². The molecule has 0 spiro atoms. The Bertz CT molecular complexity index is 770. The van der Waals surface area contributed by atoms with Crippen LogP contribution in [-0.4, -0.2) is 16.7 Å². The van der Waals surface area contributed by atoms with E-state index in [2.05, 4.69) is 48.5 Å². The van der Waals surface area contributed by atoms with Crippen LogP contribution in [0.4, 0.5) is 0 Å². The highest BCUT2D eigenvalue weighted by Crippen LogP contribution is 2.60. The lowest BCUT2D eigenvalue weighted by Crippen LogP contribution is -2.57. The third-order valence-corrected chi connectivity index (χ3v) is 9.54. The molecule has 0 heterocycles. The molecule has 1 aromatic carbocycles. The van der Waals surface area contributed by atoms with E-state index >= 15 is 0 Å². The van der Waals surface area contributed by atoms with Crippen LogP contribution in [0.5, 0.6) is 5.75 Å². The molecule has 3 heteroatoms. The Hall–Kier alpha value is -1.51. The molecule has 35 heavy (non-hydrogen) atoms. The zero-order chi connectivity index (χ0) is 26.4. The monoisotopic (exact) mass is 486 g/mol. The lowest BCUT2D eigenvalue weighted by Gasteiger charge is -2.59. The molecule has 0 aromatic heterocycles. The molecular formula is C32H54O3. The first-order chi connectivity index (χ1) is 16.4. The highest BCUT2D eigenvalue weighted by molar-refractivity contribution is 5.76. The van der Waals surface area contributed by atoms with Gasteiger partial charge in [-0.3, -0.25) is 4.79 Å². The molecule has 2 bridgehead atoms. The van der Waals surface area contributed by atoms with Gasteiger partial charge in [0, 0.05) is 5.41 Å². The zero-order valence-electron chi connectivity index (χ0n) is 24.2. The minimum absolute atomic E-state index is 0.0103. The lowest BCUT2D eigenvalue weighted by atomic mass is 9.50. The minimum Gasteiger partial charge on any atom is -0.508 e. The normalized spacial score (nSPS) is 27.4. The molecule has 0 amide bonds. The molecule has 2 aliphatic rings. The Morgan fingerprint density at radius 1 is 0.971 bits per heavy atom. The quantitative estimate of drug-likeness (QED) is 0.372. The number of hydrogen-bond donors (Lipinski definition) is 1. The van der Waals surface area contributed by atoms with Gasteiger partial charge in [-0.2, -0.15) is 0 Å². The average molecular weight is 487 g/mol. The summed E-state index contributed by atoms with van der Waals surface area (Å²) in [7, 11) is 0. The molecule has 0 radical (unpaired) electrons. The van der Waals surface area contributed by atoms with Crippen LogP contribution < -0.4 is 0 Å². The Kier molecular flexibility index (Phi) is 10.3. The first-order valence-electron chi connectivity index (χ1n) is 14.4. The fourth-order valence-electron chi connectivity index (χ4n) is 7.01. The first-order valence-corrected chi connectivity index (χ1v) is 14.4. The number of carbonyl (C=O) groups is 1. The van der Waals surface area contributed by atoms with Crippen LogP contribution in [0.15, 0.2) is 24.3 Å². The molecule has 3 unspecified atom stereocenters. The molecular weight excluding hydrogens is 432 g/mol. The highest BCUT2D eigenvalue weighted by atomic mass is 16.6. The molecule has 2 aliphatic carbocycles. The largest absolute Gasteiger partial charge is 0.508 e. The zero-order valence-corrected chi connectivity index (χ0v) is 24.2. The summed E-state index contributed by atoms with van der Waals surface area (Å²) in [6.45, 7) is 19.8. The number of fused-ring (bicyclic) bond motifs is 2. The van der Waals surface area contributed by atoms with E-state index < -0.39 is 0 Å². The van der Waals surface area contributed by atoms with Crippen LogP contribution in [0.3, 0.4) is 0 Å². The van der Waals surface area contributed by atoms with E-state index in [1.54, 1.807) is 12.1 Å². The maximum Gasteiger partial charge on any atom is 0.312 e. The summed E-state index contributed by atoms with van der Waals surface area (Å²) < 4.78 is 6.47. The van der Waals surface area contributed by atoms with Crippen molar-refractivity contribution in [3.63, 3.8) is 0 Å². The summed E-state index contributed by atoms with van der Waals surface area (Å²) in [5, 5.41) is 9.01. The average Bonchev–Trinajstić information content (AvgIpc) is 2.81. The predicted molar refractivity (Wildman–Crippen MR) is 148 cm³/mol. The first kappa shape index (κ1) is 29.7. The van der Waals surface area contributed by atoms with E-state index in [9.17, 15) is 4.79 Å². The van der Waals surface area contributed by atoms with Crippen LogP contribution in [0.2, 0.25) is 0 Å². The number of ether oxygens (including phenoxy) is 1. The topological polar surface area (TPSA) is 46.5 Å². The molecule has 3 atom stereocenters. The van der Waals surface area contributed by atoms with E-state index in [4.69, 9.17) is 9.84 Å². The highest BCUT2D eigenvalue weighted by Gasteiger charge is 2.57. The van der Waals surface area contributed by atoms with Crippen LogP contribution >= 0.6 is 0 Å². The van der Waals surface area contributed by atoms with Gasteiger partial charge in [-0.25, -0.2) is 0 Å². The summed E-state index contributed by atoms with van der Waals surface area (Å²) >= 11 is 0. The molecule has 3 rings (SSSR count). The fraction of sp³-hybridized carbons (Fsp3) is 0.781. The van der Waals surface area contributed by atoms with Gasteiger partial charge in [0.25, 0.3) is 0 Å². The number of benzene rings is 1. The summed E-state index contributed by atoms with van der Waals surface area (Å²) in [6.07, 6.45) is 10.3. The van der Waals surface area contributed by atoms with E-state index in [1.807, 2.05) is 26.0 Å². The second-order valence-corrected chi connectivity index (χ2v) is 12.7. The van der Waals surface area contributed by atoms with Crippen molar-refractivity contribution in [2.75, 3.05) is 0 Å².